The van der Waals surface area contributed by atoms with Crippen molar-refractivity contribution in [3.63, 3.8) is 0 Å². The number of carbonyl (C=O) groups excluding carboxylic acids is 1. The SMILES string of the molecule is CC(C)NCC(COc1ccccc1C#Cc1ccncc1)OC(=O)/C=C/C(=O)O. The number of rotatable bonds is 9. The van der Waals surface area contributed by atoms with E-state index in [1.54, 1.807) is 18.5 Å². The summed E-state index contributed by atoms with van der Waals surface area (Å²) >= 11 is 0. The number of nitrogens with zero attached hydrogens (tertiary/aromatic N) is 1. The standard InChI is InChI=1S/C23H24N2O5/c1-17(2)25-15-20(30-23(28)10-9-22(26)27)16-29-21-6-4-3-5-19(21)8-7-18-11-13-24-14-12-18/h3-6,9-14,17,20,25H,15-16H2,1-2H3,(H,26,27)/b10-9+. The van der Waals surface area contributed by atoms with Gasteiger partial charge in [0.25, 0.3) is 0 Å². The van der Waals surface area contributed by atoms with E-state index in [4.69, 9.17) is 14.6 Å². The number of nitrogens with one attached hydrogen (secondary N) is 1. The van der Waals surface area contributed by atoms with Gasteiger partial charge in [-0.1, -0.05) is 37.8 Å². The third kappa shape index (κ3) is 8.59. The molecule has 1 aromatic heterocycles. The molecule has 2 aromatic rings. The van der Waals surface area contributed by atoms with Gasteiger partial charge in [-0.3, -0.25) is 4.98 Å². The Kier molecular flexibility index (Phi) is 9.10. The van der Waals surface area contributed by atoms with Gasteiger partial charge in [0.15, 0.2) is 0 Å². The van der Waals surface area contributed by atoms with Crippen LogP contribution in [0.4, 0.5) is 0 Å². The molecule has 1 aromatic carbocycles. The number of carboxylic acids is 1. The Morgan fingerprint density at radius 2 is 1.87 bits per heavy atom. The summed E-state index contributed by atoms with van der Waals surface area (Å²) in [5.74, 6) is 4.72. The highest BCUT2D eigenvalue weighted by Gasteiger charge is 2.15. The van der Waals surface area contributed by atoms with Crippen molar-refractivity contribution in [3.05, 3.63) is 72.1 Å². The lowest BCUT2D eigenvalue weighted by atomic mass is 10.2. The summed E-state index contributed by atoms with van der Waals surface area (Å²) in [7, 11) is 0. The van der Waals surface area contributed by atoms with Gasteiger partial charge in [0, 0.05) is 42.7 Å². The fourth-order valence-electron chi connectivity index (χ4n) is 2.30. The van der Waals surface area contributed by atoms with E-state index >= 15 is 0 Å². The summed E-state index contributed by atoms with van der Waals surface area (Å²) in [4.78, 5) is 26.4. The van der Waals surface area contributed by atoms with Crippen LogP contribution in [-0.2, 0) is 14.3 Å². The molecule has 0 bridgehead atoms. The van der Waals surface area contributed by atoms with Crippen LogP contribution < -0.4 is 10.1 Å². The zero-order valence-corrected chi connectivity index (χ0v) is 16.9. The van der Waals surface area contributed by atoms with Crippen LogP contribution in [0.2, 0.25) is 0 Å². The molecule has 0 amide bonds. The normalized spacial score (nSPS) is 11.6. The molecule has 156 valence electrons. The Balaban J connectivity index is 2.07. The summed E-state index contributed by atoms with van der Waals surface area (Å²) in [6.45, 7) is 4.37. The Hall–Kier alpha value is -3.63. The first kappa shape index (κ1) is 22.7. The maximum atomic E-state index is 11.9. The maximum absolute atomic E-state index is 11.9. The van der Waals surface area contributed by atoms with Crippen LogP contribution in [0.1, 0.15) is 25.0 Å². The van der Waals surface area contributed by atoms with Gasteiger partial charge in [0.1, 0.15) is 18.5 Å². The van der Waals surface area contributed by atoms with Gasteiger partial charge in [-0.2, -0.15) is 0 Å². The lowest BCUT2D eigenvalue weighted by molar-refractivity contribution is -0.144. The number of ether oxygens (including phenoxy) is 2. The molecule has 0 radical (unpaired) electrons. The first-order valence-corrected chi connectivity index (χ1v) is 9.43. The quantitative estimate of drug-likeness (QED) is 0.374. The molecule has 7 nitrogen and oxygen atoms in total. The number of aliphatic carboxylic acids is 1. The fraction of sp³-hybridized carbons (Fsp3) is 0.261. The molecule has 0 aliphatic heterocycles. The topological polar surface area (TPSA) is 97.8 Å². The van der Waals surface area contributed by atoms with Crippen molar-refractivity contribution in [2.75, 3.05) is 13.2 Å². The van der Waals surface area contributed by atoms with Gasteiger partial charge in [0.05, 0.1) is 5.56 Å². The van der Waals surface area contributed by atoms with Crippen molar-refractivity contribution >= 4 is 11.9 Å². The number of aromatic nitrogens is 1. The average Bonchev–Trinajstić information content (AvgIpc) is 2.74. The largest absolute Gasteiger partial charge is 0.488 e. The van der Waals surface area contributed by atoms with Gasteiger partial charge >= 0.3 is 11.9 Å². The molecule has 0 saturated heterocycles. The lowest BCUT2D eigenvalue weighted by Gasteiger charge is -2.20. The van der Waals surface area contributed by atoms with Crippen molar-refractivity contribution in [1.82, 2.24) is 10.3 Å². The number of para-hydroxylation sites is 1. The minimum Gasteiger partial charge on any atom is -0.488 e. The van der Waals surface area contributed by atoms with Crippen LogP contribution in [0, 0.1) is 11.8 Å². The Bertz CT molecular complexity index is 929. The number of carboxylic acid groups (broad SMARTS) is 1. The third-order valence-electron chi connectivity index (χ3n) is 3.73. The van der Waals surface area contributed by atoms with E-state index in [2.05, 4.69) is 22.1 Å². The van der Waals surface area contributed by atoms with Gasteiger partial charge in [-0.15, -0.1) is 0 Å². The Labute approximate surface area is 175 Å². The van der Waals surface area contributed by atoms with Crippen molar-refractivity contribution in [2.45, 2.75) is 26.0 Å². The molecule has 7 heteroatoms. The summed E-state index contributed by atoms with van der Waals surface area (Å²) in [5, 5.41) is 11.8. The number of carbonyl (C=O) groups is 2. The smallest absolute Gasteiger partial charge is 0.331 e. The molecular formula is C23H24N2O5. The lowest BCUT2D eigenvalue weighted by Crippen LogP contribution is -2.38. The minimum atomic E-state index is -1.22. The second-order valence-electron chi connectivity index (χ2n) is 6.59. The molecule has 2 N–H and O–H groups in total. The molecule has 2 rings (SSSR count). The van der Waals surface area contributed by atoms with Gasteiger partial charge in [-0.25, -0.2) is 9.59 Å². The van der Waals surface area contributed by atoms with Crippen LogP contribution in [-0.4, -0.2) is 47.3 Å². The number of hydrogen-bond donors (Lipinski definition) is 2. The second kappa shape index (κ2) is 12.0. The number of benzene rings is 1. The van der Waals surface area contributed by atoms with Crippen molar-refractivity contribution in [2.24, 2.45) is 0 Å². The summed E-state index contributed by atoms with van der Waals surface area (Å²) < 4.78 is 11.2. The first-order chi connectivity index (χ1) is 14.4. The van der Waals surface area contributed by atoms with E-state index in [0.29, 0.717) is 17.9 Å². The first-order valence-electron chi connectivity index (χ1n) is 9.43. The average molecular weight is 408 g/mol. The molecule has 1 heterocycles. The molecule has 0 aliphatic carbocycles. The number of hydrogen-bond acceptors (Lipinski definition) is 6. The highest BCUT2D eigenvalue weighted by Crippen LogP contribution is 2.17. The van der Waals surface area contributed by atoms with E-state index < -0.39 is 18.0 Å². The molecular weight excluding hydrogens is 384 g/mol. The van der Waals surface area contributed by atoms with Crippen molar-refractivity contribution in [1.29, 1.82) is 0 Å². The van der Waals surface area contributed by atoms with E-state index in [9.17, 15) is 9.59 Å². The molecule has 1 atom stereocenters. The molecule has 30 heavy (non-hydrogen) atoms. The van der Waals surface area contributed by atoms with E-state index in [0.717, 1.165) is 17.7 Å². The van der Waals surface area contributed by atoms with Crippen LogP contribution in [0.5, 0.6) is 5.75 Å². The second-order valence-corrected chi connectivity index (χ2v) is 6.59. The van der Waals surface area contributed by atoms with Gasteiger partial charge in [-0.05, 0) is 24.3 Å². The monoisotopic (exact) mass is 408 g/mol. The summed E-state index contributed by atoms with van der Waals surface area (Å²) in [6.07, 6.45) is 4.34. The van der Waals surface area contributed by atoms with Crippen molar-refractivity contribution < 1.29 is 24.2 Å². The van der Waals surface area contributed by atoms with Crippen LogP contribution >= 0.6 is 0 Å². The molecule has 0 fully saturated rings. The highest BCUT2D eigenvalue weighted by atomic mass is 16.6. The van der Waals surface area contributed by atoms with Crippen LogP contribution in [0.25, 0.3) is 0 Å². The fourth-order valence-corrected chi connectivity index (χ4v) is 2.30. The highest BCUT2D eigenvalue weighted by molar-refractivity contribution is 5.90. The molecule has 0 aliphatic rings. The molecule has 1 unspecified atom stereocenters. The minimum absolute atomic E-state index is 0.0837. The Morgan fingerprint density at radius 3 is 2.57 bits per heavy atom. The summed E-state index contributed by atoms with van der Waals surface area (Å²) in [5.41, 5.74) is 1.53. The maximum Gasteiger partial charge on any atom is 0.331 e. The van der Waals surface area contributed by atoms with E-state index in [-0.39, 0.29) is 12.6 Å². The van der Waals surface area contributed by atoms with Crippen LogP contribution in [0.15, 0.2) is 60.9 Å². The number of pyridine rings is 1. The summed E-state index contributed by atoms with van der Waals surface area (Å²) in [6, 6.07) is 11.1. The predicted octanol–water partition coefficient (Wildman–Crippen LogP) is 2.41. The van der Waals surface area contributed by atoms with E-state index in [1.165, 1.54) is 0 Å². The molecule has 0 saturated carbocycles. The third-order valence-corrected chi connectivity index (χ3v) is 3.73. The number of esters is 1. The van der Waals surface area contributed by atoms with Crippen molar-refractivity contribution in [3.8, 4) is 17.6 Å². The van der Waals surface area contributed by atoms with Crippen LogP contribution in [0.3, 0.4) is 0 Å². The Morgan fingerprint density at radius 1 is 1.13 bits per heavy atom. The predicted molar refractivity (Wildman–Crippen MR) is 112 cm³/mol. The van der Waals surface area contributed by atoms with Gasteiger partial charge < -0.3 is 19.9 Å². The zero-order valence-electron chi connectivity index (χ0n) is 16.9. The zero-order chi connectivity index (χ0) is 21.8. The molecule has 0 spiro atoms. The van der Waals surface area contributed by atoms with Gasteiger partial charge in [0.2, 0.25) is 0 Å². The van der Waals surface area contributed by atoms with E-state index in [1.807, 2.05) is 44.2 Å².